The van der Waals surface area contributed by atoms with E-state index in [1.54, 1.807) is 0 Å². The van der Waals surface area contributed by atoms with Gasteiger partial charge in [-0.2, -0.15) is 11.1 Å². The van der Waals surface area contributed by atoms with Crippen LogP contribution in [0.5, 0.6) is 0 Å². The molecule has 0 aliphatic rings. The van der Waals surface area contributed by atoms with Gasteiger partial charge in [0.1, 0.15) is 8.11 Å². The van der Waals surface area contributed by atoms with Gasteiger partial charge in [0.15, 0.2) is 0 Å². The van der Waals surface area contributed by atoms with Crippen LogP contribution in [0.4, 0.5) is 4.70 Å². The predicted molar refractivity (Wildman–Crippen MR) is 38.6 cm³/mol. The summed E-state index contributed by atoms with van der Waals surface area (Å²) in [7, 11) is -0.667. The first-order valence-corrected chi connectivity index (χ1v) is 5.43. The van der Waals surface area contributed by atoms with Gasteiger partial charge in [0.2, 0.25) is 0 Å². The third-order valence-electron chi connectivity index (χ3n) is 0. The monoisotopic (exact) mass is 146 g/mol. The Bertz CT molecular complexity index is 16.3. The van der Waals surface area contributed by atoms with Crippen LogP contribution in [0.15, 0.2) is 0 Å². The molecule has 4 heteroatoms. The minimum Gasteiger partial charge on any atom is -0.269 e. The van der Waals surface area contributed by atoms with Crippen molar-refractivity contribution in [2.75, 3.05) is 0 Å². The van der Waals surface area contributed by atoms with Gasteiger partial charge >= 0.3 is 0 Å². The van der Waals surface area contributed by atoms with Gasteiger partial charge in [0, 0.05) is 0 Å². The zero-order valence-electron chi connectivity index (χ0n) is 3.36. The molecule has 0 aliphatic carbocycles. The Hall–Kier alpha value is 0.654. The Morgan fingerprint density at radius 3 is 1.33 bits per heavy atom. The molecule has 0 N–H and O–H groups in total. The normalized spacial score (nSPS) is 6.00. The molecular formula is C2H12ClFSi2. The largest absolute Gasteiger partial charge is 0.269 e. The molecule has 42 valence electrons. The van der Waals surface area contributed by atoms with Crippen molar-refractivity contribution in [1.29, 1.82) is 0 Å². The molecule has 0 aromatic carbocycles. The SMILES string of the molecule is C[SiH](C)Cl.F.[SiH4]. The van der Waals surface area contributed by atoms with Crippen LogP contribution in [0.2, 0.25) is 13.1 Å². The van der Waals surface area contributed by atoms with Crippen LogP contribution in [-0.2, 0) is 0 Å². The Balaban J connectivity index is -0.0000000450. The van der Waals surface area contributed by atoms with E-state index in [1.807, 2.05) is 0 Å². The predicted octanol–water partition coefficient (Wildman–Crippen LogP) is -0.0905. The molecule has 0 rings (SSSR count). The van der Waals surface area contributed by atoms with E-state index in [1.165, 1.54) is 0 Å². The third-order valence-corrected chi connectivity index (χ3v) is 0. The summed E-state index contributed by atoms with van der Waals surface area (Å²) in [4.78, 5) is 0. The van der Waals surface area contributed by atoms with Crippen LogP contribution >= 0.6 is 11.1 Å². The van der Waals surface area contributed by atoms with Crippen molar-refractivity contribution in [3.05, 3.63) is 0 Å². The Labute approximate surface area is 48.6 Å². The van der Waals surface area contributed by atoms with Crippen molar-refractivity contribution in [3.8, 4) is 0 Å². The third kappa shape index (κ3) is 145. The van der Waals surface area contributed by atoms with Gasteiger partial charge in [-0.25, -0.2) is 0 Å². The van der Waals surface area contributed by atoms with Crippen molar-refractivity contribution in [2.45, 2.75) is 13.1 Å². The van der Waals surface area contributed by atoms with E-state index in [4.69, 9.17) is 11.1 Å². The first-order chi connectivity index (χ1) is 1.73. The molecule has 0 aromatic heterocycles. The number of rotatable bonds is 0. The van der Waals surface area contributed by atoms with E-state index in [2.05, 4.69) is 13.1 Å². The second-order valence-electron chi connectivity index (χ2n) is 1.01. The molecule has 0 nitrogen and oxygen atoms in total. The molecule has 0 spiro atoms. The number of hydrogen-bond donors (Lipinski definition) is 0. The van der Waals surface area contributed by atoms with Gasteiger partial charge in [0.25, 0.3) is 0 Å². The molecule has 0 aromatic rings. The second kappa shape index (κ2) is 9.17. The maximum Gasteiger partial charge on any atom is 0.134 e. The Morgan fingerprint density at radius 1 is 1.33 bits per heavy atom. The molecule has 0 saturated carbocycles. The van der Waals surface area contributed by atoms with Crippen LogP contribution in [0.1, 0.15) is 0 Å². The lowest BCUT2D eigenvalue weighted by Gasteiger charge is -1.72. The summed E-state index contributed by atoms with van der Waals surface area (Å²) < 4.78 is 0. The average molecular weight is 147 g/mol. The van der Waals surface area contributed by atoms with E-state index in [0.29, 0.717) is 0 Å². The molecule has 0 saturated heterocycles. The van der Waals surface area contributed by atoms with Crippen LogP contribution in [0, 0.1) is 0 Å². The Kier molecular flexibility index (Phi) is 24.4. The molecule has 0 amide bonds. The molecule has 0 bridgehead atoms. The highest BCUT2D eigenvalue weighted by molar-refractivity contribution is 7.05. The lowest BCUT2D eigenvalue weighted by atomic mass is 11.9. The summed E-state index contributed by atoms with van der Waals surface area (Å²) in [5.41, 5.74) is 0. The standard InChI is InChI=1S/C2H7ClSi.FH.H4Si/c1-4(2)3;;/h4H,1-2H3;1H;1H4. The quantitative estimate of drug-likeness (QED) is 0.331. The second-order valence-corrected chi connectivity index (χ2v) is 5.66. The Morgan fingerprint density at radius 2 is 1.33 bits per heavy atom. The number of hydrogen-bond acceptors (Lipinski definition) is 0. The first kappa shape index (κ1) is 15.9. The van der Waals surface area contributed by atoms with E-state index < -0.39 is 8.11 Å². The summed E-state index contributed by atoms with van der Waals surface area (Å²) in [6.45, 7) is 4.14. The minimum atomic E-state index is -0.667. The molecule has 0 unspecified atom stereocenters. The highest BCUT2D eigenvalue weighted by Crippen LogP contribution is 1.79. The van der Waals surface area contributed by atoms with Crippen molar-refractivity contribution < 1.29 is 4.70 Å². The lowest BCUT2D eigenvalue weighted by molar-refractivity contribution is 1.11. The topological polar surface area (TPSA) is 0 Å². The van der Waals surface area contributed by atoms with E-state index in [9.17, 15) is 0 Å². The van der Waals surface area contributed by atoms with Crippen molar-refractivity contribution >= 4 is 30.2 Å². The van der Waals surface area contributed by atoms with Gasteiger partial charge in [0.05, 0.1) is 0 Å². The maximum absolute atomic E-state index is 5.41. The molecule has 0 atom stereocenters. The fraction of sp³-hybridized carbons (Fsp3) is 1.00. The van der Waals surface area contributed by atoms with Crippen molar-refractivity contribution in [3.63, 3.8) is 0 Å². The smallest absolute Gasteiger partial charge is 0.134 e. The fourth-order valence-electron chi connectivity index (χ4n) is 0. The summed E-state index contributed by atoms with van der Waals surface area (Å²) in [5.74, 6) is 0. The van der Waals surface area contributed by atoms with Gasteiger partial charge in [-0.15, -0.1) is 0 Å². The zero-order chi connectivity index (χ0) is 3.58. The highest BCUT2D eigenvalue weighted by atomic mass is 35.6. The number of halogens is 2. The summed E-state index contributed by atoms with van der Waals surface area (Å²) in [6.07, 6.45) is 0. The molecule has 6 heavy (non-hydrogen) atoms. The molecule has 0 radical (unpaired) electrons. The van der Waals surface area contributed by atoms with Gasteiger partial charge in [-0.3, -0.25) is 4.70 Å². The minimum absolute atomic E-state index is 0. The molecule has 0 heterocycles. The van der Waals surface area contributed by atoms with Crippen molar-refractivity contribution in [2.24, 2.45) is 0 Å². The van der Waals surface area contributed by atoms with Crippen LogP contribution in [0.25, 0.3) is 0 Å². The lowest BCUT2D eigenvalue weighted by Crippen LogP contribution is -1.78. The average Bonchev–Trinajstić information content (AvgIpc) is 0.811. The highest BCUT2D eigenvalue weighted by Gasteiger charge is 1.76. The maximum atomic E-state index is 5.41. The molecular weight excluding hydrogens is 135 g/mol. The van der Waals surface area contributed by atoms with Gasteiger partial charge in [-0.1, -0.05) is 13.1 Å². The van der Waals surface area contributed by atoms with Crippen LogP contribution in [-0.4, -0.2) is 19.1 Å². The van der Waals surface area contributed by atoms with Gasteiger partial charge in [-0.05, 0) is 11.0 Å². The summed E-state index contributed by atoms with van der Waals surface area (Å²) in [5, 5.41) is 0. The van der Waals surface area contributed by atoms with Crippen molar-refractivity contribution in [1.82, 2.24) is 0 Å². The fourth-order valence-corrected chi connectivity index (χ4v) is 0. The van der Waals surface area contributed by atoms with Crippen LogP contribution in [0.3, 0.4) is 0 Å². The zero-order valence-corrected chi connectivity index (χ0v) is 5.27. The van der Waals surface area contributed by atoms with Crippen LogP contribution < -0.4 is 0 Å². The van der Waals surface area contributed by atoms with E-state index in [0.717, 1.165) is 0 Å². The molecule has 0 aliphatic heterocycles. The first-order valence-electron chi connectivity index (χ1n) is 1.37. The summed E-state index contributed by atoms with van der Waals surface area (Å²) >= 11 is 5.41. The van der Waals surface area contributed by atoms with Gasteiger partial charge < -0.3 is 0 Å². The summed E-state index contributed by atoms with van der Waals surface area (Å²) in [6, 6.07) is 0. The molecule has 0 fully saturated rings. The van der Waals surface area contributed by atoms with E-state index in [-0.39, 0.29) is 15.7 Å². The van der Waals surface area contributed by atoms with E-state index >= 15 is 0 Å².